The van der Waals surface area contributed by atoms with Crippen molar-refractivity contribution >= 4 is 28.6 Å². The van der Waals surface area contributed by atoms with E-state index in [-0.39, 0.29) is 12.1 Å². The number of amidine groups is 1. The second-order valence-corrected chi connectivity index (χ2v) is 4.65. The van der Waals surface area contributed by atoms with E-state index in [2.05, 4.69) is 10.3 Å². The number of hydrogen-bond donors (Lipinski definition) is 1. The van der Waals surface area contributed by atoms with Gasteiger partial charge in [0.05, 0.1) is 17.4 Å². The first-order valence-electron chi connectivity index (χ1n) is 5.65. The highest BCUT2D eigenvalue weighted by Gasteiger charge is 2.08. The number of ether oxygens (including phenoxy) is 1. The zero-order valence-corrected chi connectivity index (χ0v) is 11.8. The molecule has 1 aromatic rings. The third-order valence-corrected chi connectivity index (χ3v) is 2.61. The fourth-order valence-corrected chi connectivity index (χ4v) is 1.59. The Hall–Kier alpha value is -2.00. The molecule has 0 unspecified atom stereocenters. The molecular formula is C13H15N3O2S. The minimum Gasteiger partial charge on any atom is -0.459 e. The Bertz CT molecular complexity index is 504. The van der Waals surface area contributed by atoms with Gasteiger partial charge in [0, 0.05) is 0 Å². The van der Waals surface area contributed by atoms with Gasteiger partial charge in [0.2, 0.25) is 0 Å². The van der Waals surface area contributed by atoms with Gasteiger partial charge in [-0.1, -0.05) is 11.8 Å². The summed E-state index contributed by atoms with van der Waals surface area (Å²) < 4.78 is 5.08. The van der Waals surface area contributed by atoms with E-state index >= 15 is 0 Å². The first-order chi connectivity index (χ1) is 9.06. The largest absolute Gasteiger partial charge is 0.459 e. The summed E-state index contributed by atoms with van der Waals surface area (Å²) in [7, 11) is 0. The molecule has 0 fully saturated rings. The Balaban J connectivity index is 2.82. The van der Waals surface area contributed by atoms with E-state index in [1.807, 2.05) is 12.4 Å². The van der Waals surface area contributed by atoms with Crippen LogP contribution in [0.3, 0.4) is 0 Å². The first-order valence-corrected chi connectivity index (χ1v) is 6.88. The molecule has 0 heterocycles. The fourth-order valence-electron chi connectivity index (χ4n) is 1.24. The highest BCUT2D eigenvalue weighted by molar-refractivity contribution is 8.13. The average Bonchev–Trinajstić information content (AvgIpc) is 2.38. The van der Waals surface area contributed by atoms with Crippen molar-refractivity contribution < 1.29 is 9.53 Å². The van der Waals surface area contributed by atoms with E-state index in [1.165, 1.54) is 11.8 Å². The fraction of sp³-hybridized carbons (Fsp3) is 0.308. The molecule has 0 atom stereocenters. The van der Waals surface area contributed by atoms with Crippen LogP contribution in [0.4, 0.5) is 5.69 Å². The van der Waals surface area contributed by atoms with Crippen LogP contribution in [0, 0.1) is 11.5 Å². The van der Waals surface area contributed by atoms with E-state index < -0.39 is 0 Å². The maximum absolute atomic E-state index is 11.6. The van der Waals surface area contributed by atoms with E-state index in [0.29, 0.717) is 16.4 Å². The molecule has 0 saturated heterocycles. The predicted molar refractivity (Wildman–Crippen MR) is 76.4 cm³/mol. The maximum Gasteiger partial charge on any atom is 0.338 e. The number of rotatable bonds is 3. The summed E-state index contributed by atoms with van der Waals surface area (Å²) in [5.74, 6) is -0.356. The Morgan fingerprint density at radius 2 is 2.05 bits per heavy atom. The first kappa shape index (κ1) is 15.1. The van der Waals surface area contributed by atoms with Gasteiger partial charge in [-0.15, -0.1) is 0 Å². The normalized spacial score (nSPS) is 11.0. The summed E-state index contributed by atoms with van der Waals surface area (Å²) in [5, 5.41) is 11.5. The molecule has 0 aliphatic carbocycles. The number of thioether (sulfide) groups is 1. The van der Waals surface area contributed by atoms with E-state index in [0.717, 1.165) is 0 Å². The molecule has 1 rings (SSSR count). The molecule has 0 saturated carbocycles. The highest BCUT2D eigenvalue weighted by Crippen LogP contribution is 2.16. The van der Waals surface area contributed by atoms with Gasteiger partial charge >= 0.3 is 5.97 Å². The third-order valence-electron chi connectivity index (χ3n) is 2.03. The van der Waals surface area contributed by atoms with Gasteiger partial charge in [0.1, 0.15) is 0 Å². The number of esters is 1. The van der Waals surface area contributed by atoms with Crippen molar-refractivity contribution in [3.63, 3.8) is 0 Å². The number of aliphatic imine (C=N–C) groups is 1. The molecule has 1 N–H and O–H groups in total. The van der Waals surface area contributed by atoms with Crippen LogP contribution in [0.25, 0.3) is 0 Å². The van der Waals surface area contributed by atoms with Crippen molar-refractivity contribution in [1.82, 2.24) is 5.32 Å². The van der Waals surface area contributed by atoms with Crippen molar-refractivity contribution in [3.8, 4) is 6.19 Å². The Morgan fingerprint density at radius 1 is 1.42 bits per heavy atom. The standard InChI is InChI=1S/C13H15N3O2S/c1-9(2)18-12(17)10-4-6-11(7-5-10)16-13(19-3)15-8-14/h4-7,9H,1-3H3,(H,15,16). The minimum atomic E-state index is -0.356. The lowest BCUT2D eigenvalue weighted by Gasteiger charge is -2.07. The molecule has 6 heteroatoms. The van der Waals surface area contributed by atoms with Crippen LogP contribution in [-0.4, -0.2) is 23.5 Å². The molecule has 0 radical (unpaired) electrons. The number of benzene rings is 1. The molecule has 0 spiro atoms. The molecule has 19 heavy (non-hydrogen) atoms. The summed E-state index contributed by atoms with van der Waals surface area (Å²) >= 11 is 1.33. The number of carbonyl (C=O) groups excluding carboxylic acids is 1. The van der Waals surface area contributed by atoms with E-state index in [9.17, 15) is 4.79 Å². The highest BCUT2D eigenvalue weighted by atomic mass is 32.2. The number of hydrogen-bond acceptors (Lipinski definition) is 5. The molecule has 0 amide bonds. The Morgan fingerprint density at radius 3 is 2.53 bits per heavy atom. The average molecular weight is 277 g/mol. The minimum absolute atomic E-state index is 0.145. The van der Waals surface area contributed by atoms with Crippen molar-refractivity contribution in [2.45, 2.75) is 20.0 Å². The zero-order valence-electron chi connectivity index (χ0n) is 11.0. The second-order valence-electron chi connectivity index (χ2n) is 3.86. The zero-order chi connectivity index (χ0) is 14.3. The van der Waals surface area contributed by atoms with E-state index in [4.69, 9.17) is 10.00 Å². The number of nitrogens with one attached hydrogen (secondary N) is 1. The van der Waals surface area contributed by atoms with Crippen LogP contribution >= 0.6 is 11.8 Å². The van der Waals surface area contributed by atoms with Crippen molar-refractivity contribution in [2.24, 2.45) is 4.99 Å². The lowest BCUT2D eigenvalue weighted by Crippen LogP contribution is -2.12. The van der Waals surface area contributed by atoms with Gasteiger partial charge in [-0.2, -0.15) is 5.26 Å². The number of carbonyl (C=O) groups is 1. The van der Waals surface area contributed by atoms with Crippen molar-refractivity contribution in [1.29, 1.82) is 5.26 Å². The molecule has 0 aliphatic heterocycles. The van der Waals surface area contributed by atoms with Gasteiger partial charge in [-0.05, 0) is 44.4 Å². The summed E-state index contributed by atoms with van der Waals surface area (Å²) in [6.45, 7) is 3.60. The lowest BCUT2D eigenvalue weighted by atomic mass is 10.2. The lowest BCUT2D eigenvalue weighted by molar-refractivity contribution is 0.0378. The van der Waals surface area contributed by atoms with Crippen molar-refractivity contribution in [3.05, 3.63) is 29.8 Å². The smallest absolute Gasteiger partial charge is 0.338 e. The summed E-state index contributed by atoms with van der Waals surface area (Å²) in [6.07, 6.45) is 3.49. The van der Waals surface area contributed by atoms with Crippen LogP contribution in [0.2, 0.25) is 0 Å². The predicted octanol–water partition coefficient (Wildman–Crippen LogP) is 2.67. The Labute approximate surface area is 116 Å². The van der Waals surface area contributed by atoms with Crippen LogP contribution < -0.4 is 5.32 Å². The molecule has 0 bridgehead atoms. The third kappa shape index (κ3) is 5.02. The number of nitriles is 1. The van der Waals surface area contributed by atoms with Crippen LogP contribution in [-0.2, 0) is 4.74 Å². The molecular weight excluding hydrogens is 262 g/mol. The van der Waals surface area contributed by atoms with Gasteiger partial charge in [0.15, 0.2) is 11.4 Å². The van der Waals surface area contributed by atoms with Crippen LogP contribution in [0.1, 0.15) is 24.2 Å². The van der Waals surface area contributed by atoms with Crippen LogP contribution in [0.5, 0.6) is 0 Å². The molecule has 0 aliphatic rings. The van der Waals surface area contributed by atoms with Crippen molar-refractivity contribution in [2.75, 3.05) is 6.26 Å². The summed E-state index contributed by atoms with van der Waals surface area (Å²) in [4.78, 5) is 15.9. The number of nitrogens with zero attached hydrogens (tertiary/aromatic N) is 2. The van der Waals surface area contributed by atoms with Gasteiger partial charge in [0.25, 0.3) is 0 Å². The van der Waals surface area contributed by atoms with Gasteiger partial charge in [-0.25, -0.2) is 9.79 Å². The molecule has 1 aromatic carbocycles. The SMILES string of the molecule is CSC(=Nc1ccc(C(=O)OC(C)C)cc1)NC#N. The monoisotopic (exact) mass is 277 g/mol. The summed E-state index contributed by atoms with van der Waals surface area (Å²) in [5.41, 5.74) is 1.14. The second kappa shape index (κ2) is 7.44. The maximum atomic E-state index is 11.6. The molecule has 100 valence electrons. The van der Waals surface area contributed by atoms with Crippen LogP contribution in [0.15, 0.2) is 29.3 Å². The van der Waals surface area contributed by atoms with Gasteiger partial charge < -0.3 is 4.74 Å². The summed E-state index contributed by atoms with van der Waals surface area (Å²) in [6, 6.07) is 6.69. The Kier molecular flexibility index (Phi) is 5.90. The quantitative estimate of drug-likeness (QED) is 0.302. The molecule has 5 nitrogen and oxygen atoms in total. The topological polar surface area (TPSA) is 74.5 Å². The van der Waals surface area contributed by atoms with Gasteiger partial charge in [-0.3, -0.25) is 5.32 Å². The molecule has 0 aromatic heterocycles. The van der Waals surface area contributed by atoms with E-state index in [1.54, 1.807) is 38.1 Å².